The van der Waals surface area contributed by atoms with Crippen molar-refractivity contribution in [2.45, 2.75) is 92.0 Å². The van der Waals surface area contributed by atoms with E-state index < -0.39 is 29.3 Å². The SMILES string of the molecule is CCN(C(=O)C(Cc1ccccc1)NC(=O)OC(C)(C)C)C(C(=O)NC(C)(C)C)c1cccc(C)c1C. The number of alkyl carbamates (subject to hydrolysis) is 1. The van der Waals surface area contributed by atoms with Gasteiger partial charge in [-0.25, -0.2) is 4.79 Å². The minimum absolute atomic E-state index is 0.260. The summed E-state index contributed by atoms with van der Waals surface area (Å²) >= 11 is 0. The lowest BCUT2D eigenvalue weighted by Gasteiger charge is -2.36. The third-order valence-corrected chi connectivity index (χ3v) is 5.89. The van der Waals surface area contributed by atoms with Crippen LogP contribution < -0.4 is 10.6 Å². The maximum atomic E-state index is 14.1. The quantitative estimate of drug-likeness (QED) is 0.509. The van der Waals surface area contributed by atoms with Gasteiger partial charge in [0.25, 0.3) is 0 Å². The molecule has 0 aliphatic carbocycles. The Morgan fingerprint density at radius 1 is 0.919 bits per heavy atom. The molecule has 0 saturated carbocycles. The summed E-state index contributed by atoms with van der Waals surface area (Å²) in [5.41, 5.74) is 2.41. The van der Waals surface area contributed by atoms with Gasteiger partial charge in [-0.05, 0) is 84.6 Å². The van der Waals surface area contributed by atoms with Gasteiger partial charge in [0.1, 0.15) is 17.7 Å². The first-order chi connectivity index (χ1) is 17.1. The fourth-order valence-corrected chi connectivity index (χ4v) is 4.12. The van der Waals surface area contributed by atoms with E-state index in [0.717, 1.165) is 22.3 Å². The van der Waals surface area contributed by atoms with Crippen molar-refractivity contribution < 1.29 is 19.1 Å². The zero-order valence-electron chi connectivity index (χ0n) is 23.8. The lowest BCUT2D eigenvalue weighted by atomic mass is 9.94. The number of nitrogens with one attached hydrogen (secondary N) is 2. The van der Waals surface area contributed by atoms with Crippen LogP contribution in [0.4, 0.5) is 4.79 Å². The second-order valence-electron chi connectivity index (χ2n) is 11.4. The number of aryl methyl sites for hydroxylation is 1. The molecule has 37 heavy (non-hydrogen) atoms. The van der Waals surface area contributed by atoms with Crippen LogP contribution in [0.15, 0.2) is 48.5 Å². The summed E-state index contributed by atoms with van der Waals surface area (Å²) < 4.78 is 5.46. The summed E-state index contributed by atoms with van der Waals surface area (Å²) in [6, 6.07) is 13.5. The molecule has 0 bridgehead atoms. The Morgan fingerprint density at radius 2 is 1.54 bits per heavy atom. The fraction of sp³-hybridized carbons (Fsp3) is 0.500. The Labute approximate surface area is 222 Å². The largest absolute Gasteiger partial charge is 0.444 e. The van der Waals surface area contributed by atoms with Crippen molar-refractivity contribution >= 4 is 17.9 Å². The Hall–Kier alpha value is -3.35. The molecule has 0 spiro atoms. The first kappa shape index (κ1) is 29.9. The highest BCUT2D eigenvalue weighted by molar-refractivity contribution is 5.92. The number of likely N-dealkylation sites (N-methyl/N-ethyl adjacent to an activating group) is 1. The van der Waals surface area contributed by atoms with Crippen LogP contribution in [0.5, 0.6) is 0 Å². The topological polar surface area (TPSA) is 87.7 Å². The monoisotopic (exact) mass is 509 g/mol. The maximum Gasteiger partial charge on any atom is 0.408 e. The summed E-state index contributed by atoms with van der Waals surface area (Å²) in [7, 11) is 0. The average molecular weight is 510 g/mol. The van der Waals surface area contributed by atoms with Crippen molar-refractivity contribution in [3.05, 3.63) is 70.8 Å². The molecule has 0 aliphatic rings. The van der Waals surface area contributed by atoms with Gasteiger partial charge in [-0.3, -0.25) is 9.59 Å². The van der Waals surface area contributed by atoms with E-state index in [0.29, 0.717) is 0 Å². The number of hydrogen-bond donors (Lipinski definition) is 2. The molecule has 0 fully saturated rings. The van der Waals surface area contributed by atoms with Crippen LogP contribution in [-0.4, -0.2) is 46.5 Å². The van der Waals surface area contributed by atoms with E-state index in [1.165, 1.54) is 0 Å². The Bertz CT molecular complexity index is 1080. The summed E-state index contributed by atoms with van der Waals surface area (Å²) in [5.74, 6) is -0.626. The minimum atomic E-state index is -0.924. The van der Waals surface area contributed by atoms with Gasteiger partial charge in [0.2, 0.25) is 11.8 Å². The van der Waals surface area contributed by atoms with Crippen LogP contribution in [-0.2, 0) is 20.7 Å². The van der Waals surface area contributed by atoms with Gasteiger partial charge >= 0.3 is 6.09 Å². The van der Waals surface area contributed by atoms with Gasteiger partial charge in [0, 0.05) is 18.5 Å². The van der Waals surface area contributed by atoms with Gasteiger partial charge < -0.3 is 20.3 Å². The molecular weight excluding hydrogens is 466 g/mol. The zero-order valence-corrected chi connectivity index (χ0v) is 23.8. The molecule has 3 amide bonds. The second-order valence-corrected chi connectivity index (χ2v) is 11.4. The number of rotatable bonds is 8. The van der Waals surface area contributed by atoms with E-state index in [1.54, 1.807) is 25.7 Å². The van der Waals surface area contributed by atoms with Gasteiger partial charge in [0.15, 0.2) is 0 Å². The first-order valence-corrected chi connectivity index (χ1v) is 12.8. The molecule has 0 heterocycles. The predicted octanol–water partition coefficient (Wildman–Crippen LogP) is 5.24. The molecule has 2 N–H and O–H groups in total. The molecule has 0 radical (unpaired) electrons. The highest BCUT2D eigenvalue weighted by atomic mass is 16.6. The third-order valence-electron chi connectivity index (χ3n) is 5.89. The smallest absolute Gasteiger partial charge is 0.408 e. The number of hydrogen-bond acceptors (Lipinski definition) is 4. The molecule has 0 saturated heterocycles. The van der Waals surface area contributed by atoms with Crippen LogP contribution in [0.25, 0.3) is 0 Å². The molecule has 2 atom stereocenters. The summed E-state index contributed by atoms with van der Waals surface area (Å²) in [4.78, 5) is 42.1. The van der Waals surface area contributed by atoms with E-state index in [2.05, 4.69) is 10.6 Å². The van der Waals surface area contributed by atoms with Crippen molar-refractivity contribution in [2.24, 2.45) is 0 Å². The number of ether oxygens (including phenoxy) is 1. The molecular formula is C30H43N3O4. The van der Waals surface area contributed by atoms with Crippen LogP contribution >= 0.6 is 0 Å². The van der Waals surface area contributed by atoms with Crippen molar-refractivity contribution in [1.29, 1.82) is 0 Å². The normalized spacial score (nSPS) is 13.3. The zero-order chi connectivity index (χ0) is 28.0. The summed E-state index contributed by atoms with van der Waals surface area (Å²) in [6.45, 7) is 17.1. The van der Waals surface area contributed by atoms with E-state index >= 15 is 0 Å². The fourth-order valence-electron chi connectivity index (χ4n) is 4.12. The Morgan fingerprint density at radius 3 is 2.08 bits per heavy atom. The van der Waals surface area contributed by atoms with Crippen molar-refractivity contribution in [3.63, 3.8) is 0 Å². The van der Waals surface area contributed by atoms with Crippen LogP contribution in [0.2, 0.25) is 0 Å². The molecule has 7 nitrogen and oxygen atoms in total. The van der Waals surface area contributed by atoms with Gasteiger partial charge in [-0.15, -0.1) is 0 Å². The van der Waals surface area contributed by atoms with E-state index in [4.69, 9.17) is 4.74 Å². The number of carbonyl (C=O) groups excluding carboxylic acids is 3. The van der Waals surface area contributed by atoms with E-state index in [1.807, 2.05) is 90.1 Å². The van der Waals surface area contributed by atoms with Crippen LogP contribution in [0, 0.1) is 13.8 Å². The van der Waals surface area contributed by atoms with Crippen molar-refractivity contribution in [3.8, 4) is 0 Å². The molecule has 2 aromatic rings. The predicted molar refractivity (Wildman–Crippen MR) is 147 cm³/mol. The molecule has 2 rings (SSSR count). The standard InChI is InChI=1S/C30H43N3O4/c1-10-33(25(26(34)32-29(4,5)6)23-18-14-15-20(2)21(23)3)27(35)24(19-22-16-12-11-13-17-22)31-28(36)37-30(7,8)9/h11-18,24-25H,10,19H2,1-9H3,(H,31,36)(H,32,34). The summed E-state index contributed by atoms with van der Waals surface area (Å²) in [5, 5.41) is 5.82. The number of benzene rings is 2. The summed E-state index contributed by atoms with van der Waals surface area (Å²) in [6.07, 6.45) is -0.421. The Balaban J connectivity index is 2.54. The Kier molecular flexibility index (Phi) is 9.90. The van der Waals surface area contributed by atoms with Crippen LogP contribution in [0.3, 0.4) is 0 Å². The second kappa shape index (κ2) is 12.3. The minimum Gasteiger partial charge on any atom is -0.444 e. The number of amides is 3. The average Bonchev–Trinajstić information content (AvgIpc) is 2.77. The number of nitrogens with zero attached hydrogens (tertiary/aromatic N) is 1. The van der Waals surface area contributed by atoms with E-state index in [-0.39, 0.29) is 24.8 Å². The van der Waals surface area contributed by atoms with Gasteiger partial charge in [0.05, 0.1) is 0 Å². The molecule has 7 heteroatoms. The van der Waals surface area contributed by atoms with Crippen LogP contribution in [0.1, 0.15) is 76.8 Å². The first-order valence-electron chi connectivity index (χ1n) is 12.8. The molecule has 0 aliphatic heterocycles. The highest BCUT2D eigenvalue weighted by Gasteiger charge is 2.37. The molecule has 2 unspecified atom stereocenters. The highest BCUT2D eigenvalue weighted by Crippen LogP contribution is 2.28. The lowest BCUT2D eigenvalue weighted by molar-refractivity contribution is -0.142. The molecule has 0 aromatic heterocycles. The molecule has 202 valence electrons. The van der Waals surface area contributed by atoms with E-state index in [9.17, 15) is 14.4 Å². The molecule has 2 aromatic carbocycles. The third kappa shape index (κ3) is 8.92. The maximum absolute atomic E-state index is 14.1. The lowest BCUT2D eigenvalue weighted by Crippen LogP contribution is -2.55. The number of carbonyl (C=O) groups is 3. The van der Waals surface area contributed by atoms with Crippen molar-refractivity contribution in [1.82, 2.24) is 15.5 Å². The van der Waals surface area contributed by atoms with Gasteiger partial charge in [-0.1, -0.05) is 48.5 Å². The van der Waals surface area contributed by atoms with Crippen molar-refractivity contribution in [2.75, 3.05) is 6.54 Å². The van der Waals surface area contributed by atoms with Gasteiger partial charge in [-0.2, -0.15) is 0 Å².